The van der Waals surface area contributed by atoms with Gasteiger partial charge < -0.3 is 15.0 Å². The summed E-state index contributed by atoms with van der Waals surface area (Å²) >= 11 is 0. The Balaban J connectivity index is 1.95. The molecule has 5 nitrogen and oxygen atoms in total. The van der Waals surface area contributed by atoms with Crippen molar-refractivity contribution in [2.24, 2.45) is 4.99 Å². The highest BCUT2D eigenvalue weighted by Crippen LogP contribution is 2.31. The van der Waals surface area contributed by atoms with E-state index < -0.39 is 5.66 Å². The minimum absolute atomic E-state index is 0.00105. The van der Waals surface area contributed by atoms with Crippen molar-refractivity contribution in [3.05, 3.63) is 29.8 Å². The van der Waals surface area contributed by atoms with Crippen LogP contribution in [0.5, 0.6) is 5.75 Å². The first kappa shape index (κ1) is 13.1. The van der Waals surface area contributed by atoms with E-state index in [9.17, 15) is 4.79 Å². The highest BCUT2D eigenvalue weighted by atomic mass is 16.5. The van der Waals surface area contributed by atoms with Crippen molar-refractivity contribution < 1.29 is 9.53 Å². The Morgan fingerprint density at radius 1 is 1.35 bits per heavy atom. The van der Waals surface area contributed by atoms with Crippen molar-refractivity contribution in [2.45, 2.75) is 18.5 Å². The van der Waals surface area contributed by atoms with Crippen LogP contribution in [0, 0.1) is 0 Å². The van der Waals surface area contributed by atoms with Crippen LogP contribution in [0.2, 0.25) is 0 Å². The van der Waals surface area contributed by atoms with Crippen LogP contribution in [0.4, 0.5) is 0 Å². The molecule has 2 heterocycles. The molecular weight excluding hydrogens is 254 g/mol. The minimum Gasteiger partial charge on any atom is -0.497 e. The SMILES string of the molecule is COc1ccc(C2=N[C@]3(CCCNC3)N(C)C2=O)cc1. The van der Waals surface area contributed by atoms with Gasteiger partial charge in [0.2, 0.25) is 0 Å². The van der Waals surface area contributed by atoms with Crippen LogP contribution in [0.1, 0.15) is 18.4 Å². The van der Waals surface area contributed by atoms with E-state index in [0.717, 1.165) is 37.2 Å². The summed E-state index contributed by atoms with van der Waals surface area (Å²) < 4.78 is 5.14. The molecule has 1 spiro atoms. The van der Waals surface area contributed by atoms with Gasteiger partial charge >= 0.3 is 0 Å². The fraction of sp³-hybridized carbons (Fsp3) is 0.467. The van der Waals surface area contributed by atoms with Crippen LogP contribution in [-0.2, 0) is 4.79 Å². The largest absolute Gasteiger partial charge is 0.497 e. The Kier molecular flexibility index (Phi) is 3.22. The molecule has 20 heavy (non-hydrogen) atoms. The Morgan fingerprint density at radius 3 is 2.70 bits per heavy atom. The quantitative estimate of drug-likeness (QED) is 0.876. The molecule has 5 heteroatoms. The summed E-state index contributed by atoms with van der Waals surface area (Å²) in [4.78, 5) is 19.0. The van der Waals surface area contributed by atoms with Gasteiger partial charge in [0.25, 0.3) is 5.91 Å². The zero-order chi connectivity index (χ0) is 14.2. The van der Waals surface area contributed by atoms with Gasteiger partial charge in [-0.25, -0.2) is 4.99 Å². The number of hydrogen-bond acceptors (Lipinski definition) is 4. The Hall–Kier alpha value is -1.88. The standard InChI is InChI=1S/C15H19N3O2/c1-18-14(19)13(11-4-6-12(20-2)7-5-11)17-15(18)8-3-9-16-10-15/h4-7,16H,3,8-10H2,1-2H3/t15-/m1/s1. The molecule has 2 aliphatic rings. The summed E-state index contributed by atoms with van der Waals surface area (Å²) in [5.41, 5.74) is 1.01. The number of carbonyl (C=O) groups excluding carboxylic acids is 1. The molecule has 1 aromatic carbocycles. The zero-order valence-electron chi connectivity index (χ0n) is 11.8. The molecular formula is C15H19N3O2. The highest BCUT2D eigenvalue weighted by molar-refractivity contribution is 6.46. The summed E-state index contributed by atoms with van der Waals surface area (Å²) in [6, 6.07) is 7.49. The molecule has 1 N–H and O–H groups in total. The van der Waals surface area contributed by atoms with Crippen molar-refractivity contribution in [1.29, 1.82) is 0 Å². The van der Waals surface area contributed by atoms with Crippen molar-refractivity contribution in [3.8, 4) is 5.75 Å². The average Bonchev–Trinajstić information content (AvgIpc) is 2.74. The maximum atomic E-state index is 12.5. The van der Waals surface area contributed by atoms with Crippen LogP contribution in [0.15, 0.2) is 29.3 Å². The second kappa shape index (κ2) is 4.90. The third-order valence-electron chi connectivity index (χ3n) is 4.15. The second-order valence-electron chi connectivity index (χ2n) is 5.32. The topological polar surface area (TPSA) is 53.9 Å². The lowest BCUT2D eigenvalue weighted by Crippen LogP contribution is -2.53. The lowest BCUT2D eigenvalue weighted by Gasteiger charge is -2.37. The van der Waals surface area contributed by atoms with E-state index in [1.165, 1.54) is 0 Å². The van der Waals surface area contributed by atoms with E-state index in [4.69, 9.17) is 9.73 Å². The molecule has 0 aliphatic carbocycles. The first-order valence-electron chi connectivity index (χ1n) is 6.89. The molecule has 2 aliphatic heterocycles. The van der Waals surface area contributed by atoms with Gasteiger partial charge in [0.15, 0.2) is 0 Å². The monoisotopic (exact) mass is 273 g/mol. The van der Waals surface area contributed by atoms with E-state index in [1.54, 1.807) is 12.0 Å². The van der Waals surface area contributed by atoms with E-state index in [-0.39, 0.29) is 5.91 Å². The first-order chi connectivity index (χ1) is 9.66. The average molecular weight is 273 g/mol. The number of carbonyl (C=O) groups is 1. The third-order valence-corrected chi connectivity index (χ3v) is 4.15. The number of aliphatic imine (C=N–C) groups is 1. The molecule has 0 bridgehead atoms. The predicted molar refractivity (Wildman–Crippen MR) is 77.1 cm³/mol. The van der Waals surface area contributed by atoms with Crippen LogP contribution < -0.4 is 10.1 Å². The van der Waals surface area contributed by atoms with Gasteiger partial charge in [-0.05, 0) is 43.7 Å². The van der Waals surface area contributed by atoms with Gasteiger partial charge in [0, 0.05) is 19.2 Å². The van der Waals surface area contributed by atoms with Gasteiger partial charge in [-0.3, -0.25) is 4.79 Å². The number of piperidine rings is 1. The molecule has 1 atom stereocenters. The molecule has 1 amide bonds. The van der Waals surface area contributed by atoms with Crippen molar-refractivity contribution >= 4 is 11.6 Å². The first-order valence-corrected chi connectivity index (χ1v) is 6.89. The number of rotatable bonds is 2. The molecule has 106 valence electrons. The summed E-state index contributed by atoms with van der Waals surface area (Å²) in [6.07, 6.45) is 1.96. The van der Waals surface area contributed by atoms with E-state index in [0.29, 0.717) is 5.71 Å². The molecule has 0 radical (unpaired) electrons. The highest BCUT2D eigenvalue weighted by Gasteiger charge is 2.45. The Morgan fingerprint density at radius 2 is 2.10 bits per heavy atom. The summed E-state index contributed by atoms with van der Waals surface area (Å²) in [5, 5.41) is 3.34. The molecule has 3 rings (SSSR count). The maximum absolute atomic E-state index is 12.5. The van der Waals surface area contributed by atoms with Crippen LogP contribution in [0.25, 0.3) is 0 Å². The molecule has 0 aromatic heterocycles. The van der Waals surface area contributed by atoms with Crippen LogP contribution in [-0.4, -0.2) is 49.4 Å². The van der Waals surface area contributed by atoms with E-state index in [1.807, 2.05) is 31.3 Å². The number of amides is 1. The van der Waals surface area contributed by atoms with Gasteiger partial charge in [-0.15, -0.1) is 0 Å². The van der Waals surface area contributed by atoms with Gasteiger partial charge in [-0.1, -0.05) is 0 Å². The summed E-state index contributed by atoms with van der Waals surface area (Å²) in [7, 11) is 3.47. The molecule has 0 unspecified atom stereocenters. The fourth-order valence-corrected chi connectivity index (χ4v) is 2.87. The number of nitrogens with one attached hydrogen (secondary N) is 1. The van der Waals surface area contributed by atoms with Crippen molar-refractivity contribution in [2.75, 3.05) is 27.2 Å². The smallest absolute Gasteiger partial charge is 0.274 e. The van der Waals surface area contributed by atoms with Gasteiger partial charge in [-0.2, -0.15) is 0 Å². The number of likely N-dealkylation sites (N-methyl/N-ethyl adjacent to an activating group) is 1. The molecule has 1 aromatic rings. The normalized spacial score (nSPS) is 26.0. The maximum Gasteiger partial charge on any atom is 0.274 e. The van der Waals surface area contributed by atoms with Gasteiger partial charge in [0.1, 0.15) is 17.1 Å². The molecule has 1 fully saturated rings. The second-order valence-corrected chi connectivity index (χ2v) is 5.32. The molecule has 0 saturated carbocycles. The van der Waals surface area contributed by atoms with E-state index >= 15 is 0 Å². The lowest BCUT2D eigenvalue weighted by molar-refractivity contribution is -0.126. The summed E-state index contributed by atoms with van der Waals surface area (Å²) in [6.45, 7) is 1.73. The van der Waals surface area contributed by atoms with Crippen LogP contribution in [0.3, 0.4) is 0 Å². The Labute approximate surface area is 118 Å². The lowest BCUT2D eigenvalue weighted by atomic mass is 10.00. The Bertz CT molecular complexity index is 545. The molecule has 1 saturated heterocycles. The number of methoxy groups -OCH3 is 1. The van der Waals surface area contributed by atoms with Gasteiger partial charge in [0.05, 0.1) is 7.11 Å². The number of benzene rings is 1. The van der Waals surface area contributed by atoms with Crippen molar-refractivity contribution in [3.63, 3.8) is 0 Å². The van der Waals surface area contributed by atoms with Crippen LogP contribution >= 0.6 is 0 Å². The summed E-state index contributed by atoms with van der Waals surface area (Å²) in [5.74, 6) is 0.779. The predicted octanol–water partition coefficient (Wildman–Crippen LogP) is 1.04. The zero-order valence-corrected chi connectivity index (χ0v) is 11.8. The number of nitrogens with zero attached hydrogens (tertiary/aromatic N) is 2. The number of ether oxygens (including phenoxy) is 1. The number of hydrogen-bond donors (Lipinski definition) is 1. The van der Waals surface area contributed by atoms with Crippen molar-refractivity contribution in [1.82, 2.24) is 10.2 Å². The minimum atomic E-state index is -0.398. The van der Waals surface area contributed by atoms with E-state index in [2.05, 4.69) is 5.32 Å². The fourth-order valence-electron chi connectivity index (χ4n) is 2.87. The third kappa shape index (κ3) is 1.98.